The minimum atomic E-state index is 0.0267. The third kappa shape index (κ3) is 3.33. The summed E-state index contributed by atoms with van der Waals surface area (Å²) in [4.78, 5) is 27.1. The van der Waals surface area contributed by atoms with Gasteiger partial charge in [-0.05, 0) is 48.6 Å². The number of carbonyl (C=O) groups is 1. The molecule has 29 heavy (non-hydrogen) atoms. The van der Waals surface area contributed by atoms with Crippen molar-refractivity contribution in [2.24, 2.45) is 5.92 Å². The zero-order valence-electron chi connectivity index (χ0n) is 16.5. The lowest BCUT2D eigenvalue weighted by atomic mass is 9.83. The number of pyridine rings is 1. The summed E-state index contributed by atoms with van der Waals surface area (Å²) in [6.07, 6.45) is 2.75. The molecule has 0 N–H and O–H groups in total. The lowest BCUT2D eigenvalue weighted by molar-refractivity contribution is -0.128. The van der Waals surface area contributed by atoms with Crippen molar-refractivity contribution < 1.29 is 14.3 Å². The van der Waals surface area contributed by atoms with Crippen molar-refractivity contribution in [2.75, 3.05) is 26.3 Å². The van der Waals surface area contributed by atoms with E-state index in [0.717, 1.165) is 34.8 Å². The van der Waals surface area contributed by atoms with E-state index in [2.05, 4.69) is 0 Å². The molecule has 3 aliphatic rings. The Hall–Kier alpha value is -3.02. The van der Waals surface area contributed by atoms with Crippen LogP contribution in [-0.4, -0.2) is 41.7 Å². The zero-order valence-corrected chi connectivity index (χ0v) is 16.5. The van der Waals surface area contributed by atoms with E-state index in [0.29, 0.717) is 38.8 Å². The molecule has 2 atom stereocenters. The number of piperidine rings is 1. The molecule has 5 rings (SSSR count). The van der Waals surface area contributed by atoms with E-state index in [1.54, 1.807) is 12.1 Å². The number of hydrogen-bond donors (Lipinski definition) is 0. The van der Waals surface area contributed by atoms with Crippen LogP contribution in [0.1, 0.15) is 30.5 Å². The number of ether oxygens (including phenoxy) is 2. The Bertz CT molecular complexity index is 1060. The highest BCUT2D eigenvalue weighted by Crippen LogP contribution is 2.36. The number of carbonyl (C=O) groups excluding carboxylic acids is 1. The van der Waals surface area contributed by atoms with Gasteiger partial charge in [-0.15, -0.1) is 0 Å². The number of fused-ring (bicyclic) bond motifs is 5. The monoisotopic (exact) mass is 392 g/mol. The number of hydrogen-bond acceptors (Lipinski definition) is 4. The predicted octanol–water partition coefficient (Wildman–Crippen LogP) is 2.67. The van der Waals surface area contributed by atoms with Gasteiger partial charge in [-0.2, -0.15) is 0 Å². The van der Waals surface area contributed by atoms with Crippen LogP contribution in [0.25, 0.3) is 5.57 Å². The van der Waals surface area contributed by atoms with E-state index < -0.39 is 0 Å². The summed E-state index contributed by atoms with van der Waals surface area (Å²) in [6.45, 7) is 5.10. The van der Waals surface area contributed by atoms with Crippen molar-refractivity contribution in [1.82, 2.24) is 9.47 Å². The van der Waals surface area contributed by atoms with Gasteiger partial charge < -0.3 is 18.9 Å². The molecule has 4 heterocycles. The van der Waals surface area contributed by atoms with Crippen molar-refractivity contribution in [3.05, 3.63) is 64.1 Å². The molecule has 1 fully saturated rings. The SMILES string of the molecule is CC(=CC(=O)N1CC2CC(C1)c1cccc(=O)n1C2)c1ccc2c(c1)OCCO2. The highest BCUT2D eigenvalue weighted by molar-refractivity contribution is 5.95. The Labute approximate surface area is 169 Å². The number of nitrogens with zero attached hydrogens (tertiary/aromatic N) is 2. The highest BCUT2D eigenvalue weighted by atomic mass is 16.6. The van der Waals surface area contributed by atoms with Crippen LogP contribution in [0.15, 0.2) is 47.3 Å². The maximum atomic E-state index is 13.0. The third-order valence-corrected chi connectivity index (χ3v) is 6.13. The summed E-state index contributed by atoms with van der Waals surface area (Å²) in [6, 6.07) is 11.2. The molecule has 1 amide bonds. The first kappa shape index (κ1) is 18.0. The fourth-order valence-corrected chi connectivity index (χ4v) is 4.72. The predicted molar refractivity (Wildman–Crippen MR) is 109 cm³/mol. The molecular formula is C23H24N2O4. The molecule has 0 spiro atoms. The number of aromatic nitrogens is 1. The van der Waals surface area contributed by atoms with E-state index in [1.165, 1.54) is 0 Å². The van der Waals surface area contributed by atoms with E-state index in [1.807, 2.05) is 46.7 Å². The molecule has 0 radical (unpaired) electrons. The summed E-state index contributed by atoms with van der Waals surface area (Å²) >= 11 is 0. The summed E-state index contributed by atoms with van der Waals surface area (Å²) < 4.78 is 13.1. The van der Waals surface area contributed by atoms with Crippen LogP contribution in [0, 0.1) is 5.92 Å². The first-order chi connectivity index (χ1) is 14.1. The van der Waals surface area contributed by atoms with Crippen LogP contribution in [0.2, 0.25) is 0 Å². The first-order valence-corrected chi connectivity index (χ1v) is 10.2. The van der Waals surface area contributed by atoms with Crippen molar-refractivity contribution in [3.63, 3.8) is 0 Å². The molecule has 2 bridgehead atoms. The number of likely N-dealkylation sites (tertiary alicyclic amines) is 1. The Morgan fingerprint density at radius 1 is 1.07 bits per heavy atom. The number of amides is 1. The van der Waals surface area contributed by atoms with Crippen LogP contribution in [0.3, 0.4) is 0 Å². The van der Waals surface area contributed by atoms with Crippen molar-refractivity contribution >= 4 is 11.5 Å². The van der Waals surface area contributed by atoms with Crippen molar-refractivity contribution in [2.45, 2.75) is 25.8 Å². The second-order valence-electron chi connectivity index (χ2n) is 8.13. The fourth-order valence-electron chi connectivity index (χ4n) is 4.72. The molecule has 0 saturated carbocycles. The summed E-state index contributed by atoms with van der Waals surface area (Å²) in [5.41, 5.74) is 2.97. The summed E-state index contributed by atoms with van der Waals surface area (Å²) in [5, 5.41) is 0. The molecule has 2 unspecified atom stereocenters. The molecule has 3 aliphatic heterocycles. The first-order valence-electron chi connectivity index (χ1n) is 10.2. The van der Waals surface area contributed by atoms with Gasteiger partial charge in [0.1, 0.15) is 13.2 Å². The van der Waals surface area contributed by atoms with Gasteiger partial charge in [-0.1, -0.05) is 12.1 Å². The maximum absolute atomic E-state index is 13.0. The molecule has 2 aromatic rings. The molecule has 6 heteroatoms. The quantitative estimate of drug-likeness (QED) is 0.738. The number of allylic oxidation sites excluding steroid dienone is 1. The van der Waals surface area contributed by atoms with E-state index in [-0.39, 0.29) is 17.4 Å². The molecule has 1 saturated heterocycles. The van der Waals surface area contributed by atoms with Gasteiger partial charge in [-0.3, -0.25) is 9.59 Å². The summed E-state index contributed by atoms with van der Waals surface area (Å²) in [7, 11) is 0. The van der Waals surface area contributed by atoms with Crippen LogP contribution >= 0.6 is 0 Å². The van der Waals surface area contributed by atoms with Crippen LogP contribution < -0.4 is 15.0 Å². The van der Waals surface area contributed by atoms with Gasteiger partial charge in [-0.25, -0.2) is 0 Å². The van der Waals surface area contributed by atoms with Gasteiger partial charge in [0, 0.05) is 43.4 Å². The zero-order chi connectivity index (χ0) is 20.0. The lowest BCUT2D eigenvalue weighted by Crippen LogP contribution is -2.48. The van der Waals surface area contributed by atoms with Crippen LogP contribution in [-0.2, 0) is 11.3 Å². The minimum Gasteiger partial charge on any atom is -0.486 e. The standard InChI is InChI=1S/C23H24N2O4/c1-15(17-5-6-20-21(11-17)29-8-7-28-20)9-23(27)24-12-16-10-18(14-24)19-3-2-4-22(26)25(19)13-16/h2-6,9,11,16,18H,7-8,10,12-14H2,1H3. The fraction of sp³-hybridized carbons (Fsp3) is 0.391. The van der Waals surface area contributed by atoms with Gasteiger partial charge in [0.05, 0.1) is 0 Å². The molecule has 1 aromatic heterocycles. The Morgan fingerprint density at radius 2 is 1.90 bits per heavy atom. The number of benzene rings is 1. The largest absolute Gasteiger partial charge is 0.486 e. The maximum Gasteiger partial charge on any atom is 0.250 e. The second-order valence-corrected chi connectivity index (χ2v) is 8.13. The lowest BCUT2D eigenvalue weighted by Gasteiger charge is -2.42. The normalized spacial score (nSPS) is 22.8. The van der Waals surface area contributed by atoms with Gasteiger partial charge in [0.15, 0.2) is 11.5 Å². The Balaban J connectivity index is 1.36. The van der Waals surface area contributed by atoms with E-state index in [9.17, 15) is 9.59 Å². The van der Waals surface area contributed by atoms with E-state index in [4.69, 9.17) is 9.47 Å². The molecule has 1 aromatic carbocycles. The topological polar surface area (TPSA) is 60.8 Å². The van der Waals surface area contributed by atoms with Crippen LogP contribution in [0.5, 0.6) is 11.5 Å². The average Bonchev–Trinajstić information content (AvgIpc) is 2.74. The third-order valence-electron chi connectivity index (χ3n) is 6.13. The second kappa shape index (κ2) is 7.10. The molecular weight excluding hydrogens is 368 g/mol. The summed E-state index contributed by atoms with van der Waals surface area (Å²) in [5.74, 6) is 2.05. The highest BCUT2D eigenvalue weighted by Gasteiger charge is 2.35. The average molecular weight is 392 g/mol. The van der Waals surface area contributed by atoms with Gasteiger partial charge in [0.2, 0.25) is 5.91 Å². The van der Waals surface area contributed by atoms with Crippen molar-refractivity contribution in [1.29, 1.82) is 0 Å². The van der Waals surface area contributed by atoms with Crippen LogP contribution in [0.4, 0.5) is 0 Å². The Morgan fingerprint density at radius 3 is 2.76 bits per heavy atom. The molecule has 0 aliphatic carbocycles. The minimum absolute atomic E-state index is 0.0267. The van der Waals surface area contributed by atoms with Gasteiger partial charge >= 0.3 is 0 Å². The van der Waals surface area contributed by atoms with Crippen molar-refractivity contribution in [3.8, 4) is 11.5 Å². The smallest absolute Gasteiger partial charge is 0.250 e. The molecule has 6 nitrogen and oxygen atoms in total. The molecule has 150 valence electrons. The van der Waals surface area contributed by atoms with E-state index >= 15 is 0 Å². The number of rotatable bonds is 2. The van der Waals surface area contributed by atoms with Gasteiger partial charge in [0.25, 0.3) is 5.56 Å². The Kier molecular flexibility index (Phi) is 4.42.